The molecule has 106 valence electrons. The van der Waals surface area contributed by atoms with Crippen molar-refractivity contribution in [3.8, 4) is 0 Å². The summed E-state index contributed by atoms with van der Waals surface area (Å²) in [7, 11) is 0. The van der Waals surface area contributed by atoms with E-state index in [1.807, 2.05) is 6.07 Å². The highest BCUT2D eigenvalue weighted by molar-refractivity contribution is 5.16. The zero-order chi connectivity index (χ0) is 13.7. The lowest BCUT2D eigenvalue weighted by Gasteiger charge is -2.33. The Morgan fingerprint density at radius 1 is 1.32 bits per heavy atom. The van der Waals surface area contributed by atoms with Crippen LogP contribution in [0.4, 0.5) is 4.39 Å². The van der Waals surface area contributed by atoms with E-state index in [9.17, 15) is 4.39 Å². The summed E-state index contributed by atoms with van der Waals surface area (Å²) in [5.74, 6) is 0.600. The van der Waals surface area contributed by atoms with Crippen LogP contribution in [0.1, 0.15) is 32.3 Å². The molecule has 1 aromatic rings. The normalized spacial score (nSPS) is 18.1. The summed E-state index contributed by atoms with van der Waals surface area (Å²) in [6.45, 7) is 8.88. The zero-order valence-corrected chi connectivity index (χ0v) is 12.0. The first-order chi connectivity index (χ1) is 9.13. The molecule has 1 aliphatic heterocycles. The fourth-order valence-electron chi connectivity index (χ4n) is 2.75. The van der Waals surface area contributed by atoms with Crippen LogP contribution >= 0.6 is 0 Å². The minimum Gasteiger partial charge on any atom is -0.310 e. The molecule has 0 amide bonds. The minimum absolute atomic E-state index is 0.147. The second-order valence-corrected chi connectivity index (χ2v) is 5.98. The van der Waals surface area contributed by atoms with E-state index in [0.29, 0.717) is 6.04 Å². The molecule has 1 fully saturated rings. The molecule has 1 heterocycles. The van der Waals surface area contributed by atoms with Crippen molar-refractivity contribution in [3.63, 3.8) is 0 Å². The standard InChI is InChI=1S/C16H25FN2/c1-13(2)12-19-8-6-16(7-9-19)18-11-14-4-3-5-15(17)10-14/h3-5,10,13,16,18H,6-9,11-12H2,1-2H3. The number of rotatable bonds is 5. The summed E-state index contributed by atoms with van der Waals surface area (Å²) in [5, 5.41) is 3.55. The van der Waals surface area contributed by atoms with Gasteiger partial charge in [-0.2, -0.15) is 0 Å². The van der Waals surface area contributed by atoms with E-state index < -0.39 is 0 Å². The van der Waals surface area contributed by atoms with Gasteiger partial charge >= 0.3 is 0 Å². The first-order valence-electron chi connectivity index (χ1n) is 7.33. The lowest BCUT2D eigenvalue weighted by atomic mass is 10.0. The first-order valence-corrected chi connectivity index (χ1v) is 7.33. The Labute approximate surface area is 116 Å². The smallest absolute Gasteiger partial charge is 0.123 e. The highest BCUT2D eigenvalue weighted by Crippen LogP contribution is 2.13. The monoisotopic (exact) mass is 264 g/mol. The van der Waals surface area contributed by atoms with Gasteiger partial charge in [0, 0.05) is 19.1 Å². The first kappa shape index (κ1) is 14.5. The molecule has 0 radical (unpaired) electrons. The molecule has 1 N–H and O–H groups in total. The third-order valence-corrected chi connectivity index (χ3v) is 3.69. The fraction of sp³-hybridized carbons (Fsp3) is 0.625. The van der Waals surface area contributed by atoms with E-state index in [4.69, 9.17) is 0 Å². The Balaban J connectivity index is 1.71. The molecule has 1 aromatic carbocycles. The average molecular weight is 264 g/mol. The Kier molecular flexibility index (Phi) is 5.34. The molecule has 0 aromatic heterocycles. The van der Waals surface area contributed by atoms with Crippen LogP contribution in [0.25, 0.3) is 0 Å². The van der Waals surface area contributed by atoms with Crippen LogP contribution in [0, 0.1) is 11.7 Å². The van der Waals surface area contributed by atoms with Crippen molar-refractivity contribution in [1.82, 2.24) is 10.2 Å². The molecule has 3 heteroatoms. The molecule has 1 saturated heterocycles. The predicted octanol–water partition coefficient (Wildman–Crippen LogP) is 3.04. The van der Waals surface area contributed by atoms with Gasteiger partial charge in [0.2, 0.25) is 0 Å². The Morgan fingerprint density at radius 2 is 2.05 bits per heavy atom. The van der Waals surface area contributed by atoms with Gasteiger partial charge in [0.25, 0.3) is 0 Å². The van der Waals surface area contributed by atoms with Crippen molar-refractivity contribution in [2.45, 2.75) is 39.3 Å². The molecule has 2 nitrogen and oxygen atoms in total. The van der Waals surface area contributed by atoms with Crippen molar-refractivity contribution in [2.75, 3.05) is 19.6 Å². The van der Waals surface area contributed by atoms with E-state index in [1.165, 1.54) is 38.5 Å². The second-order valence-electron chi connectivity index (χ2n) is 5.98. The van der Waals surface area contributed by atoms with Crippen LogP contribution in [-0.4, -0.2) is 30.6 Å². The average Bonchev–Trinajstić information content (AvgIpc) is 2.37. The third-order valence-electron chi connectivity index (χ3n) is 3.69. The van der Waals surface area contributed by atoms with Crippen molar-refractivity contribution in [3.05, 3.63) is 35.6 Å². The van der Waals surface area contributed by atoms with Gasteiger partial charge in [-0.25, -0.2) is 4.39 Å². The topological polar surface area (TPSA) is 15.3 Å². The molecule has 19 heavy (non-hydrogen) atoms. The number of benzene rings is 1. The number of nitrogens with one attached hydrogen (secondary N) is 1. The van der Waals surface area contributed by atoms with E-state index in [1.54, 1.807) is 12.1 Å². The molecule has 0 aliphatic carbocycles. The van der Waals surface area contributed by atoms with Gasteiger partial charge in [0.1, 0.15) is 5.82 Å². The van der Waals surface area contributed by atoms with Crippen LogP contribution in [0.2, 0.25) is 0 Å². The number of nitrogens with zero attached hydrogens (tertiary/aromatic N) is 1. The van der Waals surface area contributed by atoms with Gasteiger partial charge in [0.05, 0.1) is 0 Å². The molecule has 0 spiro atoms. The third kappa shape index (κ3) is 4.92. The summed E-state index contributed by atoms with van der Waals surface area (Å²) in [4.78, 5) is 2.55. The lowest BCUT2D eigenvalue weighted by Crippen LogP contribution is -2.43. The van der Waals surface area contributed by atoms with E-state index in [0.717, 1.165) is 18.0 Å². The Morgan fingerprint density at radius 3 is 2.68 bits per heavy atom. The van der Waals surface area contributed by atoms with E-state index in [-0.39, 0.29) is 5.82 Å². The van der Waals surface area contributed by atoms with Gasteiger partial charge in [0.15, 0.2) is 0 Å². The van der Waals surface area contributed by atoms with Crippen LogP contribution in [-0.2, 0) is 6.54 Å². The van der Waals surface area contributed by atoms with Crippen LogP contribution in [0.5, 0.6) is 0 Å². The lowest BCUT2D eigenvalue weighted by molar-refractivity contribution is 0.179. The van der Waals surface area contributed by atoms with Crippen LogP contribution in [0.3, 0.4) is 0 Å². The number of hydrogen-bond acceptors (Lipinski definition) is 2. The Hall–Kier alpha value is -0.930. The molecule has 0 unspecified atom stereocenters. The van der Waals surface area contributed by atoms with Gasteiger partial charge in [-0.05, 0) is 49.5 Å². The quantitative estimate of drug-likeness (QED) is 0.879. The highest BCUT2D eigenvalue weighted by Gasteiger charge is 2.18. The number of likely N-dealkylation sites (tertiary alicyclic amines) is 1. The number of halogens is 1. The maximum Gasteiger partial charge on any atom is 0.123 e. The van der Waals surface area contributed by atoms with Crippen molar-refractivity contribution < 1.29 is 4.39 Å². The molecule has 0 atom stereocenters. The SMILES string of the molecule is CC(C)CN1CCC(NCc2cccc(F)c2)CC1. The largest absolute Gasteiger partial charge is 0.310 e. The Bertz CT molecular complexity index is 384. The maximum atomic E-state index is 13.1. The van der Waals surface area contributed by atoms with Gasteiger partial charge in [-0.15, -0.1) is 0 Å². The number of hydrogen-bond donors (Lipinski definition) is 1. The van der Waals surface area contributed by atoms with Crippen LogP contribution < -0.4 is 5.32 Å². The molecule has 0 bridgehead atoms. The van der Waals surface area contributed by atoms with E-state index >= 15 is 0 Å². The zero-order valence-electron chi connectivity index (χ0n) is 12.0. The molecule has 1 aliphatic rings. The van der Waals surface area contributed by atoms with Gasteiger partial charge in [-0.3, -0.25) is 0 Å². The van der Waals surface area contributed by atoms with Crippen molar-refractivity contribution >= 4 is 0 Å². The molecule has 0 saturated carbocycles. The molecule has 2 rings (SSSR count). The fourth-order valence-corrected chi connectivity index (χ4v) is 2.75. The second kappa shape index (κ2) is 7.01. The van der Waals surface area contributed by atoms with Gasteiger partial charge < -0.3 is 10.2 Å². The summed E-state index contributed by atoms with van der Waals surface area (Å²) in [6, 6.07) is 7.43. The van der Waals surface area contributed by atoms with Crippen molar-refractivity contribution in [2.24, 2.45) is 5.92 Å². The maximum absolute atomic E-state index is 13.1. The summed E-state index contributed by atoms with van der Waals surface area (Å²) in [5.41, 5.74) is 1.03. The molecular weight excluding hydrogens is 239 g/mol. The highest BCUT2D eigenvalue weighted by atomic mass is 19.1. The predicted molar refractivity (Wildman–Crippen MR) is 77.5 cm³/mol. The number of piperidine rings is 1. The summed E-state index contributed by atoms with van der Waals surface area (Å²) in [6.07, 6.45) is 2.39. The van der Waals surface area contributed by atoms with E-state index in [2.05, 4.69) is 24.1 Å². The summed E-state index contributed by atoms with van der Waals surface area (Å²) >= 11 is 0. The summed E-state index contributed by atoms with van der Waals surface area (Å²) < 4.78 is 13.1. The van der Waals surface area contributed by atoms with Crippen molar-refractivity contribution in [1.29, 1.82) is 0 Å². The van der Waals surface area contributed by atoms with Gasteiger partial charge in [-0.1, -0.05) is 26.0 Å². The van der Waals surface area contributed by atoms with Crippen LogP contribution in [0.15, 0.2) is 24.3 Å². The molecular formula is C16H25FN2. The minimum atomic E-state index is -0.147.